The van der Waals surface area contributed by atoms with Gasteiger partial charge in [-0.1, -0.05) is 24.3 Å². The van der Waals surface area contributed by atoms with Crippen LogP contribution in [0.3, 0.4) is 0 Å². The van der Waals surface area contributed by atoms with Gasteiger partial charge in [0.2, 0.25) is 11.8 Å². The summed E-state index contributed by atoms with van der Waals surface area (Å²) >= 11 is 1.42. The molecule has 2 aromatic rings. The van der Waals surface area contributed by atoms with Gasteiger partial charge in [-0.15, -0.1) is 11.8 Å². The van der Waals surface area contributed by atoms with E-state index in [1.54, 1.807) is 14.2 Å². The number of benzene rings is 2. The Balaban J connectivity index is 1.53. The van der Waals surface area contributed by atoms with E-state index >= 15 is 0 Å². The predicted octanol–water partition coefficient (Wildman–Crippen LogP) is 2.87. The van der Waals surface area contributed by atoms with Crippen molar-refractivity contribution in [1.29, 1.82) is 0 Å². The molecule has 1 heterocycles. The first-order valence-electron chi connectivity index (χ1n) is 8.65. The SMILES string of the molecule is COc1cccc(CCNC(=O)C[C@H]2Sc3ccccc3NC2=O)c1OC. The number of hydrogen-bond donors (Lipinski definition) is 2. The minimum atomic E-state index is -0.425. The van der Waals surface area contributed by atoms with E-state index in [1.165, 1.54) is 11.8 Å². The van der Waals surface area contributed by atoms with Crippen molar-refractivity contribution >= 4 is 29.3 Å². The molecule has 0 saturated heterocycles. The van der Waals surface area contributed by atoms with Gasteiger partial charge in [0.1, 0.15) is 0 Å². The highest BCUT2D eigenvalue weighted by Crippen LogP contribution is 2.36. The van der Waals surface area contributed by atoms with Crippen LogP contribution >= 0.6 is 11.8 Å². The van der Waals surface area contributed by atoms with Gasteiger partial charge < -0.3 is 20.1 Å². The zero-order valence-corrected chi connectivity index (χ0v) is 16.1. The van der Waals surface area contributed by atoms with Gasteiger partial charge in [-0.3, -0.25) is 9.59 Å². The fraction of sp³-hybridized carbons (Fsp3) is 0.300. The number of rotatable bonds is 7. The second kappa shape index (κ2) is 8.81. The maximum atomic E-state index is 12.3. The summed E-state index contributed by atoms with van der Waals surface area (Å²) in [4.78, 5) is 25.5. The van der Waals surface area contributed by atoms with Crippen molar-refractivity contribution in [3.8, 4) is 11.5 Å². The lowest BCUT2D eigenvalue weighted by atomic mass is 10.1. The minimum Gasteiger partial charge on any atom is -0.493 e. The highest BCUT2D eigenvalue weighted by Gasteiger charge is 2.28. The molecule has 0 radical (unpaired) electrons. The number of ether oxygens (including phenoxy) is 2. The first-order chi connectivity index (χ1) is 13.1. The van der Waals surface area contributed by atoms with Crippen LogP contribution < -0.4 is 20.1 Å². The number of carbonyl (C=O) groups excluding carboxylic acids is 2. The summed E-state index contributed by atoms with van der Waals surface area (Å²) in [6, 6.07) is 13.3. The quantitative estimate of drug-likeness (QED) is 0.765. The van der Waals surface area contributed by atoms with Gasteiger partial charge >= 0.3 is 0 Å². The van der Waals surface area contributed by atoms with E-state index in [4.69, 9.17) is 9.47 Å². The largest absolute Gasteiger partial charge is 0.493 e. The number of methoxy groups -OCH3 is 2. The lowest BCUT2D eigenvalue weighted by Crippen LogP contribution is -2.35. The van der Waals surface area contributed by atoms with Crippen LogP contribution in [-0.2, 0) is 16.0 Å². The van der Waals surface area contributed by atoms with Crippen LogP contribution in [0.4, 0.5) is 5.69 Å². The number of amides is 2. The van der Waals surface area contributed by atoms with E-state index in [2.05, 4.69) is 10.6 Å². The Hall–Kier alpha value is -2.67. The van der Waals surface area contributed by atoms with Crippen LogP contribution in [0.5, 0.6) is 11.5 Å². The fourth-order valence-electron chi connectivity index (χ4n) is 2.95. The Kier molecular flexibility index (Phi) is 6.24. The summed E-state index contributed by atoms with van der Waals surface area (Å²) in [5, 5.41) is 5.31. The highest BCUT2D eigenvalue weighted by atomic mass is 32.2. The fourth-order valence-corrected chi connectivity index (χ4v) is 4.07. The first kappa shape index (κ1) is 19.1. The molecule has 1 aliphatic heterocycles. The number of thioether (sulfide) groups is 1. The Morgan fingerprint density at radius 2 is 1.96 bits per heavy atom. The van der Waals surface area contributed by atoms with Crippen molar-refractivity contribution in [2.24, 2.45) is 0 Å². The van der Waals surface area contributed by atoms with E-state index in [0.717, 1.165) is 16.1 Å². The third kappa shape index (κ3) is 4.54. The summed E-state index contributed by atoms with van der Waals surface area (Å²) in [6.45, 7) is 0.456. The van der Waals surface area contributed by atoms with Gasteiger partial charge in [0.25, 0.3) is 0 Å². The molecule has 1 atom stereocenters. The highest BCUT2D eigenvalue weighted by molar-refractivity contribution is 8.01. The van der Waals surface area contributed by atoms with Crippen molar-refractivity contribution in [2.45, 2.75) is 23.0 Å². The van der Waals surface area contributed by atoms with Crippen LogP contribution in [0.2, 0.25) is 0 Å². The van der Waals surface area contributed by atoms with Gasteiger partial charge in [-0.25, -0.2) is 0 Å². The minimum absolute atomic E-state index is 0.136. The molecule has 2 aromatic carbocycles. The van der Waals surface area contributed by atoms with E-state index in [1.807, 2.05) is 42.5 Å². The smallest absolute Gasteiger partial charge is 0.238 e. The lowest BCUT2D eigenvalue weighted by Gasteiger charge is -2.23. The average Bonchev–Trinajstić information content (AvgIpc) is 2.68. The molecule has 0 unspecified atom stereocenters. The first-order valence-corrected chi connectivity index (χ1v) is 9.53. The molecule has 1 aliphatic rings. The van der Waals surface area contributed by atoms with Crippen molar-refractivity contribution in [1.82, 2.24) is 5.32 Å². The second-order valence-electron chi connectivity index (χ2n) is 6.05. The van der Waals surface area contributed by atoms with E-state index in [0.29, 0.717) is 24.5 Å². The summed E-state index contributed by atoms with van der Waals surface area (Å²) in [6.07, 6.45) is 0.749. The lowest BCUT2D eigenvalue weighted by molar-refractivity contribution is -0.124. The number of fused-ring (bicyclic) bond motifs is 1. The van der Waals surface area contributed by atoms with Gasteiger partial charge in [-0.05, 0) is 30.2 Å². The topological polar surface area (TPSA) is 76.7 Å². The molecule has 27 heavy (non-hydrogen) atoms. The molecule has 0 saturated carbocycles. The molecule has 2 N–H and O–H groups in total. The molecule has 2 amide bonds. The summed E-state index contributed by atoms with van der Waals surface area (Å²) in [7, 11) is 3.19. The van der Waals surface area contributed by atoms with E-state index in [-0.39, 0.29) is 18.2 Å². The van der Waals surface area contributed by atoms with Crippen molar-refractivity contribution in [3.05, 3.63) is 48.0 Å². The van der Waals surface area contributed by atoms with Gasteiger partial charge in [-0.2, -0.15) is 0 Å². The second-order valence-corrected chi connectivity index (χ2v) is 7.29. The van der Waals surface area contributed by atoms with Crippen LogP contribution in [0, 0.1) is 0 Å². The molecule has 0 aromatic heterocycles. The van der Waals surface area contributed by atoms with Crippen molar-refractivity contribution in [2.75, 3.05) is 26.1 Å². The molecular weight excluding hydrogens is 364 g/mol. The van der Waals surface area contributed by atoms with Crippen LogP contribution in [0.15, 0.2) is 47.4 Å². The van der Waals surface area contributed by atoms with Gasteiger partial charge in [0.05, 0.1) is 25.2 Å². The van der Waals surface area contributed by atoms with E-state index in [9.17, 15) is 9.59 Å². The molecule has 3 rings (SSSR count). The van der Waals surface area contributed by atoms with Crippen molar-refractivity contribution in [3.63, 3.8) is 0 Å². The monoisotopic (exact) mass is 386 g/mol. The third-order valence-electron chi connectivity index (χ3n) is 4.28. The molecule has 0 fully saturated rings. The van der Waals surface area contributed by atoms with Crippen LogP contribution in [0.25, 0.3) is 0 Å². The number of anilines is 1. The zero-order valence-electron chi connectivity index (χ0n) is 15.3. The summed E-state index contributed by atoms with van der Waals surface area (Å²) in [5.74, 6) is 1.05. The Bertz CT molecular complexity index is 840. The Morgan fingerprint density at radius 3 is 2.74 bits per heavy atom. The number of para-hydroxylation sites is 2. The number of carbonyl (C=O) groups is 2. The Morgan fingerprint density at radius 1 is 1.15 bits per heavy atom. The zero-order chi connectivity index (χ0) is 19.2. The van der Waals surface area contributed by atoms with Crippen molar-refractivity contribution < 1.29 is 19.1 Å². The molecule has 6 nitrogen and oxygen atoms in total. The normalized spacial score (nSPS) is 15.5. The molecule has 142 valence electrons. The number of hydrogen-bond acceptors (Lipinski definition) is 5. The molecule has 0 aliphatic carbocycles. The molecule has 0 bridgehead atoms. The van der Waals surface area contributed by atoms with Gasteiger partial charge in [0.15, 0.2) is 11.5 Å². The molecule has 0 spiro atoms. The Labute approximate surface area is 162 Å². The van der Waals surface area contributed by atoms with Crippen LogP contribution in [0.1, 0.15) is 12.0 Å². The summed E-state index contributed by atoms with van der Waals surface area (Å²) in [5.41, 5.74) is 1.75. The summed E-state index contributed by atoms with van der Waals surface area (Å²) < 4.78 is 10.7. The van der Waals surface area contributed by atoms with E-state index < -0.39 is 5.25 Å². The number of nitrogens with one attached hydrogen (secondary N) is 2. The third-order valence-corrected chi connectivity index (χ3v) is 5.55. The maximum absolute atomic E-state index is 12.3. The maximum Gasteiger partial charge on any atom is 0.238 e. The standard InChI is InChI=1S/C20H22N2O4S/c1-25-15-8-5-6-13(19(15)26-2)10-11-21-18(23)12-17-20(24)22-14-7-3-4-9-16(14)27-17/h3-9,17H,10-12H2,1-2H3,(H,21,23)(H,22,24)/t17-/m1/s1. The molecular formula is C20H22N2O4S. The molecule has 7 heteroatoms. The van der Waals surface area contributed by atoms with Gasteiger partial charge in [0, 0.05) is 17.9 Å². The predicted molar refractivity (Wildman–Crippen MR) is 106 cm³/mol. The average molecular weight is 386 g/mol. The van der Waals surface area contributed by atoms with Crippen LogP contribution in [-0.4, -0.2) is 37.8 Å².